The van der Waals surface area contributed by atoms with Crippen LogP contribution in [0.15, 0.2) is 69.5 Å². The van der Waals surface area contributed by atoms with Gasteiger partial charge in [-0.1, -0.05) is 42.0 Å². The Labute approximate surface area is 165 Å². The van der Waals surface area contributed by atoms with Crippen molar-refractivity contribution in [3.63, 3.8) is 0 Å². The molecular weight excluding hydrogens is 447 g/mol. The molecule has 0 atom stereocenters. The minimum Gasteiger partial charge on any atom is -0.455 e. The van der Waals surface area contributed by atoms with E-state index in [1.165, 1.54) is 27.3 Å². The van der Waals surface area contributed by atoms with E-state index in [-0.39, 0.29) is 20.7 Å². The average molecular weight is 462 g/mol. The summed E-state index contributed by atoms with van der Waals surface area (Å²) >= 11 is -0.162. The molecule has 0 saturated heterocycles. The standard InChI is InChI=1S/C24H15IO2/c1-14-7-9-21-19(12-14)17-5-2-4-16(23(17)26-21)15-8-10-22-20(13-15)18-6-3-11-25-24(18)27-22/h2-13H,1H3. The highest BCUT2D eigenvalue weighted by Crippen LogP contribution is 2.39. The zero-order valence-corrected chi connectivity index (χ0v) is 16.8. The largest absolute Gasteiger partial charge is 0.455 e. The van der Waals surface area contributed by atoms with Crippen LogP contribution in [0.3, 0.4) is 0 Å². The Morgan fingerprint density at radius 3 is 2.67 bits per heavy atom. The Bertz CT molecular complexity index is 1430. The normalized spacial score (nSPS) is 13.4. The van der Waals surface area contributed by atoms with Crippen LogP contribution in [0, 0.1) is 10.7 Å². The van der Waals surface area contributed by atoms with Crippen molar-refractivity contribution >= 4 is 63.7 Å². The molecule has 0 bridgehead atoms. The van der Waals surface area contributed by atoms with E-state index < -0.39 is 0 Å². The fourth-order valence-corrected chi connectivity index (χ4v) is 5.77. The van der Waals surface area contributed by atoms with Crippen LogP contribution in [-0.2, 0) is 0 Å². The lowest BCUT2D eigenvalue weighted by Gasteiger charge is -2.03. The van der Waals surface area contributed by atoms with Gasteiger partial charge < -0.3 is 8.83 Å². The number of aryl methyl sites for hydroxylation is 1. The van der Waals surface area contributed by atoms with E-state index >= 15 is 0 Å². The highest BCUT2D eigenvalue weighted by molar-refractivity contribution is 14.2. The number of benzene rings is 3. The highest BCUT2D eigenvalue weighted by Gasteiger charge is 2.16. The fraction of sp³-hybridized carbons (Fsp3) is 0.0417. The number of rotatable bonds is 1. The first-order valence-electron chi connectivity index (χ1n) is 8.90. The first-order chi connectivity index (χ1) is 13.3. The summed E-state index contributed by atoms with van der Waals surface area (Å²) in [6.45, 7) is 2.12. The summed E-state index contributed by atoms with van der Waals surface area (Å²) in [6, 6.07) is 19.2. The number of halogens is 1. The topological polar surface area (TPSA) is 26.3 Å². The van der Waals surface area contributed by atoms with E-state index in [0.717, 1.165) is 31.6 Å². The summed E-state index contributed by atoms with van der Waals surface area (Å²) in [5.74, 6) is 0. The van der Waals surface area contributed by atoms with Gasteiger partial charge in [-0.2, -0.15) is 0 Å². The predicted octanol–water partition coefficient (Wildman–Crippen LogP) is 7.28. The Kier molecular flexibility index (Phi) is 3.23. The number of allylic oxidation sites excluding steroid dienone is 1. The van der Waals surface area contributed by atoms with Gasteiger partial charge >= 0.3 is 0 Å². The van der Waals surface area contributed by atoms with Crippen molar-refractivity contribution in [2.24, 2.45) is 0 Å². The summed E-state index contributed by atoms with van der Waals surface area (Å²) in [4.78, 5) is 0. The molecule has 0 saturated carbocycles. The van der Waals surface area contributed by atoms with E-state index in [1.807, 2.05) is 0 Å². The Morgan fingerprint density at radius 2 is 1.70 bits per heavy atom. The third-order valence-corrected chi connectivity index (χ3v) is 7.28. The fourth-order valence-electron chi connectivity index (χ4n) is 3.86. The maximum Gasteiger partial charge on any atom is 0.166 e. The summed E-state index contributed by atoms with van der Waals surface area (Å²) < 4.78 is 15.7. The van der Waals surface area contributed by atoms with Gasteiger partial charge in [-0.15, -0.1) is 0 Å². The van der Waals surface area contributed by atoms with Crippen LogP contribution in [0.2, 0.25) is 0 Å². The maximum absolute atomic E-state index is 6.26. The molecule has 3 heterocycles. The highest BCUT2D eigenvalue weighted by atomic mass is 127. The van der Waals surface area contributed by atoms with Crippen LogP contribution in [0.5, 0.6) is 0 Å². The van der Waals surface area contributed by atoms with E-state index in [9.17, 15) is 0 Å². The Hall–Kier alpha value is -2.66. The third-order valence-electron chi connectivity index (χ3n) is 5.14. The zero-order valence-electron chi connectivity index (χ0n) is 14.6. The smallest absolute Gasteiger partial charge is 0.166 e. The van der Waals surface area contributed by atoms with E-state index in [0.29, 0.717) is 0 Å². The second-order valence-corrected chi connectivity index (χ2v) is 9.20. The minimum absolute atomic E-state index is 0.162. The third kappa shape index (κ3) is 2.28. The molecule has 3 aromatic carbocycles. The van der Waals surface area contributed by atoms with Gasteiger partial charge in [0.2, 0.25) is 0 Å². The minimum atomic E-state index is -0.162. The van der Waals surface area contributed by atoms with E-state index in [1.54, 1.807) is 0 Å². The monoisotopic (exact) mass is 462 g/mol. The van der Waals surface area contributed by atoms with Gasteiger partial charge in [0, 0.05) is 27.3 Å². The maximum atomic E-state index is 6.26. The molecule has 2 nitrogen and oxygen atoms in total. The SMILES string of the molecule is Cc1ccc2oc3c(-c4ccc5oc6c(c5c4)C=CC=I6)cccc3c2c1. The summed E-state index contributed by atoms with van der Waals surface area (Å²) in [5, 5.41) is 3.54. The van der Waals surface area contributed by atoms with Gasteiger partial charge in [-0.25, -0.2) is 0 Å². The van der Waals surface area contributed by atoms with Gasteiger partial charge in [0.25, 0.3) is 0 Å². The van der Waals surface area contributed by atoms with Crippen molar-refractivity contribution in [1.82, 2.24) is 0 Å². The number of furan rings is 2. The molecule has 3 heteroatoms. The summed E-state index contributed by atoms with van der Waals surface area (Å²) in [5.41, 5.74) is 7.63. The van der Waals surface area contributed by atoms with E-state index in [4.69, 9.17) is 8.83 Å². The molecule has 0 fully saturated rings. The lowest BCUT2D eigenvalue weighted by Crippen LogP contribution is -1.81. The van der Waals surface area contributed by atoms with Gasteiger partial charge in [0.1, 0.15) is 16.7 Å². The Balaban J connectivity index is 1.64. The van der Waals surface area contributed by atoms with Crippen LogP contribution in [0.4, 0.5) is 0 Å². The van der Waals surface area contributed by atoms with Gasteiger partial charge in [0.15, 0.2) is 3.77 Å². The van der Waals surface area contributed by atoms with Crippen molar-refractivity contribution in [3.8, 4) is 11.1 Å². The zero-order chi connectivity index (χ0) is 18.0. The van der Waals surface area contributed by atoms with Crippen LogP contribution in [-0.4, -0.2) is 4.01 Å². The Morgan fingerprint density at radius 1 is 0.815 bits per heavy atom. The first-order valence-corrected chi connectivity index (χ1v) is 11.2. The van der Waals surface area contributed by atoms with Crippen molar-refractivity contribution in [2.75, 3.05) is 0 Å². The number of hydrogen-bond acceptors (Lipinski definition) is 2. The van der Waals surface area contributed by atoms with Gasteiger partial charge in [-0.05, 0) is 67.6 Å². The lowest BCUT2D eigenvalue weighted by atomic mass is 10.00. The van der Waals surface area contributed by atoms with Crippen molar-refractivity contribution in [3.05, 3.63) is 75.6 Å². The second kappa shape index (κ2) is 5.67. The van der Waals surface area contributed by atoms with Crippen molar-refractivity contribution in [1.29, 1.82) is 0 Å². The molecule has 5 aromatic rings. The van der Waals surface area contributed by atoms with Crippen LogP contribution in [0.25, 0.3) is 50.1 Å². The predicted molar refractivity (Wildman–Crippen MR) is 121 cm³/mol. The lowest BCUT2D eigenvalue weighted by molar-refractivity contribution is 0.583. The molecule has 0 N–H and O–H groups in total. The van der Waals surface area contributed by atoms with Crippen LogP contribution < -0.4 is 0 Å². The number of para-hydroxylation sites is 1. The first kappa shape index (κ1) is 15.4. The molecular formula is C24H15IO2. The molecule has 0 unspecified atom stereocenters. The van der Waals surface area contributed by atoms with Crippen LogP contribution in [0.1, 0.15) is 11.1 Å². The van der Waals surface area contributed by atoms with Gasteiger partial charge in [-0.3, -0.25) is 0 Å². The molecule has 0 radical (unpaired) electrons. The molecule has 27 heavy (non-hydrogen) atoms. The number of fused-ring (bicyclic) bond motifs is 6. The summed E-state index contributed by atoms with van der Waals surface area (Å²) in [7, 11) is 0. The summed E-state index contributed by atoms with van der Waals surface area (Å²) in [6.07, 6.45) is 4.32. The molecule has 2 aromatic heterocycles. The quantitative estimate of drug-likeness (QED) is 0.245. The van der Waals surface area contributed by atoms with Crippen molar-refractivity contribution < 1.29 is 8.83 Å². The second-order valence-electron chi connectivity index (χ2n) is 6.88. The molecule has 6 rings (SSSR count). The van der Waals surface area contributed by atoms with Crippen molar-refractivity contribution in [2.45, 2.75) is 6.92 Å². The molecule has 0 amide bonds. The van der Waals surface area contributed by atoms with Gasteiger partial charge in [0.05, 0.1) is 0 Å². The van der Waals surface area contributed by atoms with Crippen LogP contribution >= 0.6 is 20.7 Å². The number of hydrogen-bond donors (Lipinski definition) is 0. The van der Waals surface area contributed by atoms with E-state index in [2.05, 4.69) is 77.7 Å². The molecule has 0 spiro atoms. The molecule has 1 aliphatic rings. The molecule has 1 aliphatic heterocycles. The average Bonchev–Trinajstić information content (AvgIpc) is 3.25. The molecule has 130 valence electrons. The molecule has 0 aliphatic carbocycles.